The number of alkyl halides is 16. The van der Waals surface area contributed by atoms with Gasteiger partial charge >= 0.3 is 41.7 Å². The molecule has 1 unspecified atom stereocenters. The molecule has 0 radical (unpaired) electrons. The van der Waals surface area contributed by atoms with Crippen molar-refractivity contribution in [2.75, 3.05) is 6.61 Å². The topological polar surface area (TPSA) is 20.2 Å². The van der Waals surface area contributed by atoms with Crippen LogP contribution in [0.25, 0.3) is 0 Å². The highest BCUT2D eigenvalue weighted by molar-refractivity contribution is 14.1. The summed E-state index contributed by atoms with van der Waals surface area (Å²) in [4.78, 5) is 0. The lowest BCUT2D eigenvalue weighted by molar-refractivity contribution is -0.457. The van der Waals surface area contributed by atoms with E-state index < -0.39 is 58.7 Å². The second-order valence-corrected chi connectivity index (χ2v) is 6.83. The first-order valence-corrected chi connectivity index (χ1v) is 7.28. The molecular formula is C10H6F15IO. The Balaban J connectivity index is 6.60. The molecule has 0 fully saturated rings. The fourth-order valence-electron chi connectivity index (χ4n) is 1.63. The van der Waals surface area contributed by atoms with Crippen molar-refractivity contribution in [3.63, 3.8) is 0 Å². The minimum absolute atomic E-state index is 0.732. The molecule has 0 aromatic carbocycles. The van der Waals surface area contributed by atoms with Crippen LogP contribution in [-0.2, 0) is 0 Å². The van der Waals surface area contributed by atoms with Gasteiger partial charge in [-0.1, -0.05) is 22.6 Å². The maximum Gasteiger partial charge on any atom is 0.438 e. The summed E-state index contributed by atoms with van der Waals surface area (Å²) in [6, 6.07) is 0. The number of aliphatic hydroxyl groups excluding tert-OH is 1. The molecule has 164 valence electrons. The molecule has 0 bridgehead atoms. The van der Waals surface area contributed by atoms with Gasteiger partial charge in [0, 0.05) is 10.3 Å². The number of hydrogen-bond donors (Lipinski definition) is 1. The van der Waals surface area contributed by atoms with Gasteiger partial charge in [-0.15, -0.1) is 0 Å². The van der Waals surface area contributed by atoms with E-state index in [9.17, 15) is 65.9 Å². The van der Waals surface area contributed by atoms with Crippen molar-refractivity contribution in [1.82, 2.24) is 0 Å². The van der Waals surface area contributed by atoms with E-state index in [1.165, 1.54) is 0 Å². The molecule has 0 amide bonds. The summed E-state index contributed by atoms with van der Waals surface area (Å²) in [5, 5.41) is 8.39. The maximum absolute atomic E-state index is 13.3. The fourth-order valence-corrected chi connectivity index (χ4v) is 2.18. The van der Waals surface area contributed by atoms with Crippen molar-refractivity contribution in [3.8, 4) is 0 Å². The monoisotopic (exact) mass is 554 g/mol. The van der Waals surface area contributed by atoms with Crippen molar-refractivity contribution in [3.05, 3.63) is 0 Å². The van der Waals surface area contributed by atoms with Crippen LogP contribution in [0.5, 0.6) is 0 Å². The Bertz CT molecular complexity index is 508. The lowest BCUT2D eigenvalue weighted by Crippen LogP contribution is -2.75. The first-order valence-electron chi connectivity index (χ1n) is 6.04. The third-order valence-electron chi connectivity index (χ3n) is 3.14. The number of aliphatic hydroxyl groups is 1. The summed E-state index contributed by atoms with van der Waals surface area (Å²) < 4.78 is 191. The molecule has 0 heterocycles. The molecule has 0 saturated heterocycles. The summed E-state index contributed by atoms with van der Waals surface area (Å²) in [6.45, 7) is -1.42. The van der Waals surface area contributed by atoms with Gasteiger partial charge in [0.25, 0.3) is 0 Å². The number of halogens is 16. The zero-order valence-electron chi connectivity index (χ0n) is 12.0. The van der Waals surface area contributed by atoms with E-state index in [1.54, 1.807) is 0 Å². The molecule has 0 rings (SSSR count). The highest BCUT2D eigenvalue weighted by atomic mass is 127. The highest BCUT2D eigenvalue weighted by Gasteiger charge is 2.95. The molecule has 0 aliphatic carbocycles. The van der Waals surface area contributed by atoms with E-state index >= 15 is 0 Å². The van der Waals surface area contributed by atoms with Gasteiger partial charge in [0.2, 0.25) is 0 Å². The van der Waals surface area contributed by atoms with E-state index in [-0.39, 0.29) is 0 Å². The Morgan fingerprint density at radius 3 is 1.19 bits per heavy atom. The highest BCUT2D eigenvalue weighted by Crippen LogP contribution is 2.64. The predicted octanol–water partition coefficient (Wildman–Crippen LogP) is 5.55. The Morgan fingerprint density at radius 2 is 0.926 bits per heavy atom. The van der Waals surface area contributed by atoms with Crippen molar-refractivity contribution in [2.45, 2.75) is 52.1 Å². The van der Waals surface area contributed by atoms with E-state index in [4.69, 9.17) is 5.11 Å². The van der Waals surface area contributed by atoms with Crippen molar-refractivity contribution in [2.24, 2.45) is 0 Å². The van der Waals surface area contributed by atoms with Crippen LogP contribution in [0.3, 0.4) is 0 Å². The third kappa shape index (κ3) is 3.90. The molecule has 0 aliphatic rings. The summed E-state index contributed by atoms with van der Waals surface area (Å²) in [5.74, 6) is -30.5. The molecule has 1 atom stereocenters. The predicted molar refractivity (Wildman–Crippen MR) is 65.2 cm³/mol. The average Bonchev–Trinajstić information content (AvgIpc) is 2.42. The van der Waals surface area contributed by atoms with Crippen molar-refractivity contribution in [1.29, 1.82) is 0 Å². The van der Waals surface area contributed by atoms with Crippen LogP contribution in [-0.4, -0.2) is 57.3 Å². The quantitative estimate of drug-likeness (QED) is 0.249. The van der Waals surface area contributed by atoms with E-state index in [1.807, 2.05) is 0 Å². The standard InChI is InChI=1S/C10H6F15IO/c11-4(12,1-3(26)2-27)6(14,15)8(18,19)7(16,17)5(13,9(20,21)22)10(23,24)25/h3,27H,1-2H2. The third-order valence-corrected chi connectivity index (χ3v) is 3.97. The maximum atomic E-state index is 13.3. The zero-order valence-corrected chi connectivity index (χ0v) is 14.1. The van der Waals surface area contributed by atoms with Gasteiger partial charge in [-0.25, -0.2) is 4.39 Å². The zero-order chi connectivity index (χ0) is 22.5. The minimum Gasteiger partial charge on any atom is -0.395 e. The Morgan fingerprint density at radius 1 is 0.593 bits per heavy atom. The van der Waals surface area contributed by atoms with Gasteiger partial charge in [-0.05, 0) is 0 Å². The molecule has 1 nitrogen and oxygen atoms in total. The van der Waals surface area contributed by atoms with Crippen LogP contribution >= 0.6 is 22.6 Å². The lowest BCUT2D eigenvalue weighted by atomic mass is 9.85. The van der Waals surface area contributed by atoms with Gasteiger partial charge in [-0.2, -0.15) is 61.5 Å². The normalized spacial score (nSPS) is 17.2. The molecule has 0 aliphatic heterocycles. The minimum atomic E-state index is -8.40. The van der Waals surface area contributed by atoms with E-state index in [0.29, 0.717) is 0 Å². The van der Waals surface area contributed by atoms with Crippen LogP contribution < -0.4 is 0 Å². The van der Waals surface area contributed by atoms with E-state index in [2.05, 4.69) is 0 Å². The smallest absolute Gasteiger partial charge is 0.395 e. The molecule has 1 N–H and O–H groups in total. The second-order valence-electron chi connectivity index (χ2n) is 5.07. The summed E-state index contributed by atoms with van der Waals surface area (Å²) in [7, 11) is 0. The van der Waals surface area contributed by atoms with Crippen LogP contribution in [0.1, 0.15) is 6.42 Å². The summed E-state index contributed by atoms with van der Waals surface area (Å²) in [6.07, 6.45) is -18.4. The molecule has 0 aromatic heterocycles. The van der Waals surface area contributed by atoms with Gasteiger partial charge in [0.05, 0.1) is 6.61 Å². The first kappa shape index (κ1) is 26.6. The number of rotatable bonds is 7. The van der Waals surface area contributed by atoms with Crippen LogP contribution in [0.2, 0.25) is 0 Å². The average molecular weight is 554 g/mol. The molecule has 0 aromatic rings. The summed E-state index contributed by atoms with van der Waals surface area (Å²) >= 11 is 0.732. The largest absolute Gasteiger partial charge is 0.438 e. The van der Waals surface area contributed by atoms with Gasteiger partial charge < -0.3 is 5.11 Å². The SMILES string of the molecule is OCC(I)CC(F)(F)C(F)(F)C(F)(F)C(F)(F)C(F)(C(F)(F)F)C(F)(F)F. The van der Waals surface area contributed by atoms with Crippen molar-refractivity contribution < 1.29 is 71.0 Å². The van der Waals surface area contributed by atoms with Crippen LogP contribution in [0.15, 0.2) is 0 Å². The van der Waals surface area contributed by atoms with Gasteiger partial charge in [-0.3, -0.25) is 0 Å². The molecule has 27 heavy (non-hydrogen) atoms. The molecule has 0 saturated carbocycles. The fraction of sp³-hybridized carbons (Fsp3) is 1.00. The second kappa shape index (κ2) is 7.16. The number of hydrogen-bond acceptors (Lipinski definition) is 1. The van der Waals surface area contributed by atoms with Crippen LogP contribution in [0.4, 0.5) is 65.9 Å². The first-order chi connectivity index (χ1) is 11.5. The van der Waals surface area contributed by atoms with Gasteiger partial charge in [0.1, 0.15) is 0 Å². The Kier molecular flexibility index (Phi) is 7.06. The lowest BCUT2D eigenvalue weighted by Gasteiger charge is -2.43. The molecule has 0 spiro atoms. The molecular weight excluding hydrogens is 548 g/mol. The Labute approximate surface area is 153 Å². The van der Waals surface area contributed by atoms with Gasteiger partial charge in [0.15, 0.2) is 0 Å². The van der Waals surface area contributed by atoms with Crippen LogP contribution in [0, 0.1) is 0 Å². The van der Waals surface area contributed by atoms with E-state index in [0.717, 1.165) is 22.6 Å². The van der Waals surface area contributed by atoms with Crippen molar-refractivity contribution >= 4 is 22.6 Å². The molecule has 17 heteroatoms. The Hall–Kier alpha value is -0.360. The summed E-state index contributed by atoms with van der Waals surface area (Å²) in [5.41, 5.74) is -8.28.